The van der Waals surface area contributed by atoms with E-state index in [4.69, 9.17) is 18.9 Å². The normalized spacial score (nSPS) is 30.9. The summed E-state index contributed by atoms with van der Waals surface area (Å²) in [5.41, 5.74) is 1.40. The van der Waals surface area contributed by atoms with Crippen molar-refractivity contribution in [1.82, 2.24) is 10.2 Å². The maximum atomic E-state index is 13.8. The number of hydrogen-bond acceptors (Lipinski definition) is 12. The zero-order valence-electron chi connectivity index (χ0n) is 34.9. The number of nitrogens with one attached hydrogen (secondary N) is 1. The van der Waals surface area contributed by atoms with Gasteiger partial charge in [-0.05, 0) is 76.0 Å². The number of methoxy groups -OCH3 is 2. The highest BCUT2D eigenvalue weighted by molar-refractivity contribution is 6.39. The fourth-order valence-corrected chi connectivity index (χ4v) is 8.31. The van der Waals surface area contributed by atoms with E-state index >= 15 is 0 Å². The van der Waals surface area contributed by atoms with Crippen LogP contribution in [0.3, 0.4) is 0 Å². The Labute approximate surface area is 332 Å². The highest BCUT2D eigenvalue weighted by atomic mass is 16.6. The number of carbonyl (C=O) groups is 5. The lowest BCUT2D eigenvalue weighted by Gasteiger charge is -2.48. The monoisotopic (exact) mass is 786 g/mol. The zero-order valence-corrected chi connectivity index (χ0v) is 34.9. The maximum absolute atomic E-state index is 13.8. The molecule has 13 heteroatoms. The number of cyclic esters (lactones) is 1. The molecule has 0 bridgehead atoms. The molecule has 3 rings (SSSR count). The molecular weight excluding hydrogens is 720 g/mol. The topological polar surface area (TPSA) is 178 Å². The van der Waals surface area contributed by atoms with Crippen LogP contribution in [0.1, 0.15) is 87.0 Å². The number of piperidine rings is 1. The van der Waals surface area contributed by atoms with Crippen molar-refractivity contribution in [1.29, 1.82) is 0 Å². The van der Waals surface area contributed by atoms with Gasteiger partial charge in [-0.2, -0.15) is 0 Å². The largest absolute Gasteiger partial charge is 0.445 e. The summed E-state index contributed by atoms with van der Waals surface area (Å²) >= 11 is 0. The van der Waals surface area contributed by atoms with Crippen LogP contribution >= 0.6 is 0 Å². The third kappa shape index (κ3) is 11.4. The van der Waals surface area contributed by atoms with Crippen molar-refractivity contribution in [3.63, 3.8) is 0 Å². The Bertz CT molecular complexity index is 1510. The lowest BCUT2D eigenvalue weighted by atomic mass is 9.77. The number of esters is 1. The number of likely N-dealkylation sites (tertiary alicyclic amines) is 1. The quantitative estimate of drug-likeness (QED) is 0.0559. The van der Waals surface area contributed by atoms with Crippen molar-refractivity contribution >= 4 is 29.7 Å². The van der Waals surface area contributed by atoms with Crippen LogP contribution < -0.4 is 5.32 Å². The molecule has 1 unspecified atom stereocenters. The number of ether oxygens (including phenoxy) is 4. The number of rotatable bonds is 19. The second-order valence-electron chi connectivity index (χ2n) is 16.2. The molecule has 0 aromatic rings. The minimum Gasteiger partial charge on any atom is -0.445 e. The van der Waals surface area contributed by atoms with Crippen molar-refractivity contribution < 1.29 is 53.1 Å². The van der Waals surface area contributed by atoms with Gasteiger partial charge in [0.25, 0.3) is 11.7 Å². The molecule has 3 heterocycles. The van der Waals surface area contributed by atoms with Crippen LogP contribution in [-0.4, -0.2) is 115 Å². The molecular formula is C43H66N2O11. The summed E-state index contributed by atoms with van der Waals surface area (Å²) in [5.74, 6) is -6.70. The summed E-state index contributed by atoms with van der Waals surface area (Å²) in [6, 6.07) is -0.895. The molecule has 1 amide bonds. The van der Waals surface area contributed by atoms with Gasteiger partial charge in [0.15, 0.2) is 12.0 Å². The predicted molar refractivity (Wildman–Crippen MR) is 211 cm³/mol. The third-order valence-electron chi connectivity index (χ3n) is 11.8. The highest BCUT2D eigenvalue weighted by Gasteiger charge is 2.55. The Morgan fingerprint density at radius 1 is 1.04 bits per heavy atom. The van der Waals surface area contributed by atoms with Gasteiger partial charge < -0.3 is 38.9 Å². The lowest BCUT2D eigenvalue weighted by molar-refractivity contribution is -0.266. The molecule has 56 heavy (non-hydrogen) atoms. The molecule has 3 fully saturated rings. The minimum atomic E-state index is -2.35. The number of aldehydes is 1. The van der Waals surface area contributed by atoms with E-state index in [1.165, 1.54) is 12.0 Å². The first-order valence-corrected chi connectivity index (χ1v) is 20.0. The smallest absolute Gasteiger partial charge is 0.330 e. The zero-order chi connectivity index (χ0) is 41.9. The summed E-state index contributed by atoms with van der Waals surface area (Å²) in [7, 11) is 4.68. The van der Waals surface area contributed by atoms with Crippen LogP contribution in [0, 0.1) is 35.5 Å². The van der Waals surface area contributed by atoms with Gasteiger partial charge in [0, 0.05) is 50.9 Å². The maximum Gasteiger partial charge on any atom is 0.330 e. The fraction of sp³-hybridized carbons (Fsp3) is 0.698. The average molecular weight is 787 g/mol. The van der Waals surface area contributed by atoms with Gasteiger partial charge in [0.2, 0.25) is 5.79 Å². The van der Waals surface area contributed by atoms with Crippen molar-refractivity contribution in [2.45, 2.75) is 129 Å². The van der Waals surface area contributed by atoms with Gasteiger partial charge in [0.05, 0.1) is 12.2 Å². The van der Waals surface area contributed by atoms with Gasteiger partial charge in [-0.25, -0.2) is 4.79 Å². The number of aliphatic hydroxyl groups excluding tert-OH is 1. The van der Waals surface area contributed by atoms with E-state index in [0.717, 1.165) is 18.3 Å². The number of amides is 1. The highest BCUT2D eigenvalue weighted by Crippen LogP contribution is 2.39. The number of allylic oxidation sites excluding steroid dienone is 6. The molecule has 314 valence electrons. The van der Waals surface area contributed by atoms with E-state index in [9.17, 15) is 34.2 Å². The Hall–Kier alpha value is -3.33. The van der Waals surface area contributed by atoms with Crippen LogP contribution in [-0.2, 0) is 42.9 Å². The Morgan fingerprint density at radius 2 is 1.73 bits per heavy atom. The van der Waals surface area contributed by atoms with Crippen LogP contribution in [0.5, 0.6) is 0 Å². The van der Waals surface area contributed by atoms with Crippen LogP contribution in [0.15, 0.2) is 47.6 Å². The first kappa shape index (κ1) is 47.0. The van der Waals surface area contributed by atoms with Gasteiger partial charge in [-0.1, -0.05) is 71.1 Å². The predicted octanol–water partition coefficient (Wildman–Crippen LogP) is 4.26. The summed E-state index contributed by atoms with van der Waals surface area (Å²) < 4.78 is 22.8. The third-order valence-corrected chi connectivity index (χ3v) is 11.8. The molecule has 3 aliphatic heterocycles. The van der Waals surface area contributed by atoms with E-state index in [1.54, 1.807) is 41.0 Å². The first-order valence-electron chi connectivity index (χ1n) is 20.0. The summed E-state index contributed by atoms with van der Waals surface area (Å²) in [6.45, 7) is 13.0. The second kappa shape index (κ2) is 21.4. The molecule has 0 radical (unpaired) electrons. The van der Waals surface area contributed by atoms with Crippen molar-refractivity contribution in [3.8, 4) is 0 Å². The fourth-order valence-electron chi connectivity index (χ4n) is 8.31. The number of Topliss-reactive ketones (excluding diaryl/α,β-unsaturated/α-hetero) is 2. The molecule has 3 N–H and O–H groups in total. The lowest BCUT2D eigenvalue weighted by Crippen LogP contribution is -2.65. The summed E-state index contributed by atoms with van der Waals surface area (Å²) in [5, 5.41) is 25.4. The first-order chi connectivity index (χ1) is 26.4. The van der Waals surface area contributed by atoms with E-state index in [1.807, 2.05) is 58.1 Å². The standard InChI is InChI=1S/C43H66N2O11/c1-25(21-28(4)36(47)38(54-10)37(48)29(5)22-26(2)24-46)15-12-11-13-16-27(3)34(53-9)23-32-19-18-30(6)43(52,56-32)39(49)41(50)45-20-14-17-33-31(7)40(44-8)55-42(51)35(33)45/h11-13,15-16,22,24-26,28,30-35,37-38,40,44,48,52H,14,17-21,23H2,1-10H3/b13-11+,15-12+,27-16+,29-22+/t25-,26-,28-,30-,31+,32+,33?,34+,35+,37-,38+,40-,43-/m1/s1. The number of nitrogens with zero attached hydrogens (tertiary/aromatic N) is 1. The van der Waals surface area contributed by atoms with Crippen LogP contribution in [0.2, 0.25) is 0 Å². The van der Waals surface area contributed by atoms with E-state index in [0.29, 0.717) is 37.7 Å². The SMILES string of the molecule is CN[C@@H]1OC(=O)[C@@H]2C(CCCN2C(=O)C(=O)[C@]2(O)O[C@H](C[C@H](OC)/C(C)=C/C=C/C=C/[C@@H](C)C[C@@H](C)C(=O)[C@H](OC)[C@H](O)/C(C)=C/[C@@H](C)C=O)CC[C@H]2C)[C@@H]1C. The van der Waals surface area contributed by atoms with E-state index in [-0.39, 0.29) is 41.9 Å². The van der Waals surface area contributed by atoms with Gasteiger partial charge in [0.1, 0.15) is 24.5 Å². The molecule has 13 atom stereocenters. The van der Waals surface area contributed by atoms with E-state index < -0.39 is 66.1 Å². The summed E-state index contributed by atoms with van der Waals surface area (Å²) in [6.07, 6.45) is 11.6. The van der Waals surface area contributed by atoms with Crippen molar-refractivity contribution in [2.24, 2.45) is 35.5 Å². The molecule has 0 aromatic carbocycles. The number of hydrogen-bond donors (Lipinski definition) is 3. The Balaban J connectivity index is 1.59. The molecule has 0 spiro atoms. The molecule has 13 nitrogen and oxygen atoms in total. The molecule has 0 aliphatic carbocycles. The number of ketones is 2. The Kier molecular flexibility index (Phi) is 18.0. The minimum absolute atomic E-state index is 0.0538. The van der Waals surface area contributed by atoms with Crippen molar-refractivity contribution in [3.05, 3.63) is 47.6 Å². The summed E-state index contributed by atoms with van der Waals surface area (Å²) in [4.78, 5) is 66.0. The molecule has 0 saturated carbocycles. The number of carbonyl (C=O) groups excluding carboxylic acids is 5. The number of fused-ring (bicyclic) bond motifs is 1. The molecule has 3 saturated heterocycles. The van der Waals surface area contributed by atoms with Crippen molar-refractivity contribution in [2.75, 3.05) is 27.8 Å². The number of aliphatic hydroxyl groups is 2. The molecule has 3 aliphatic rings. The molecule has 0 aromatic heterocycles. The van der Waals surface area contributed by atoms with Crippen LogP contribution in [0.25, 0.3) is 0 Å². The Morgan fingerprint density at radius 3 is 2.36 bits per heavy atom. The van der Waals surface area contributed by atoms with Gasteiger partial charge in [-0.15, -0.1) is 0 Å². The van der Waals surface area contributed by atoms with Crippen LogP contribution in [0.4, 0.5) is 0 Å². The van der Waals surface area contributed by atoms with Gasteiger partial charge >= 0.3 is 5.97 Å². The average Bonchev–Trinajstić information content (AvgIpc) is 3.18. The second-order valence-corrected chi connectivity index (χ2v) is 16.2. The van der Waals surface area contributed by atoms with E-state index in [2.05, 4.69) is 5.32 Å². The van der Waals surface area contributed by atoms with Gasteiger partial charge in [-0.3, -0.25) is 19.7 Å².